The molecule has 1 saturated heterocycles. The molecular formula is C16H15Cl2F2N3O2. The van der Waals surface area contributed by atoms with Crippen molar-refractivity contribution in [2.75, 3.05) is 13.2 Å². The van der Waals surface area contributed by atoms with Crippen molar-refractivity contribution in [1.82, 2.24) is 9.88 Å². The van der Waals surface area contributed by atoms with Crippen molar-refractivity contribution in [2.24, 2.45) is 11.3 Å². The molecule has 1 aromatic heterocycles. The second-order valence-corrected chi connectivity index (χ2v) is 6.88. The lowest BCUT2D eigenvalue weighted by Crippen LogP contribution is -2.39. The van der Waals surface area contributed by atoms with Crippen molar-refractivity contribution in [3.05, 3.63) is 35.0 Å². The highest BCUT2D eigenvalue weighted by Crippen LogP contribution is 2.50. The number of nitrogens with zero attached hydrogens (tertiary/aromatic N) is 2. The van der Waals surface area contributed by atoms with E-state index in [1.165, 1.54) is 6.20 Å². The first-order chi connectivity index (χ1) is 11.8. The molecule has 1 N–H and O–H groups in total. The lowest BCUT2D eigenvalue weighted by molar-refractivity contribution is -0.131. The van der Waals surface area contributed by atoms with E-state index < -0.39 is 24.4 Å². The lowest BCUT2D eigenvalue weighted by atomic mass is 9.70. The Labute approximate surface area is 153 Å². The largest absolute Gasteiger partial charge is 0.471 e. The Morgan fingerprint density at radius 2 is 2.32 bits per heavy atom. The summed E-state index contributed by atoms with van der Waals surface area (Å²) in [5.74, 6) is -0.613. The highest BCUT2D eigenvalue weighted by molar-refractivity contribution is 6.66. The van der Waals surface area contributed by atoms with Crippen molar-refractivity contribution in [3.63, 3.8) is 0 Å². The maximum atomic E-state index is 12.6. The monoisotopic (exact) mass is 389 g/mol. The standard InChI is InChI=1S/C16H15Cl2F2N3O2/c1-8(9-4-11(17)13(22-5-9)25-6-12(19)20)23-7-16(15(18)21)3-2-10(16)14(23)24/h2-5,8,10,12,21H,6-7H2,1H3. The number of aromatic nitrogens is 1. The molecule has 1 aliphatic carbocycles. The van der Waals surface area contributed by atoms with Gasteiger partial charge < -0.3 is 9.64 Å². The highest BCUT2D eigenvalue weighted by atomic mass is 35.5. The molecule has 3 unspecified atom stereocenters. The molecule has 1 aromatic rings. The van der Waals surface area contributed by atoms with Gasteiger partial charge in [-0.05, 0) is 18.6 Å². The van der Waals surface area contributed by atoms with Crippen LogP contribution in [0.3, 0.4) is 0 Å². The maximum Gasteiger partial charge on any atom is 0.272 e. The number of hydrogen-bond acceptors (Lipinski definition) is 4. The molecule has 0 spiro atoms. The molecular weight excluding hydrogens is 375 g/mol. The second kappa shape index (κ2) is 6.53. The molecule has 0 saturated carbocycles. The molecule has 1 aliphatic heterocycles. The summed E-state index contributed by atoms with van der Waals surface area (Å²) in [5, 5.41) is 7.80. The number of carbonyl (C=O) groups is 1. The number of fused-ring (bicyclic) bond motifs is 1. The van der Waals surface area contributed by atoms with Crippen molar-refractivity contribution >= 4 is 34.3 Å². The molecule has 1 amide bonds. The smallest absolute Gasteiger partial charge is 0.272 e. The van der Waals surface area contributed by atoms with Gasteiger partial charge in [0.25, 0.3) is 6.43 Å². The van der Waals surface area contributed by atoms with Crippen LogP contribution >= 0.6 is 23.2 Å². The van der Waals surface area contributed by atoms with Gasteiger partial charge in [-0.15, -0.1) is 0 Å². The summed E-state index contributed by atoms with van der Waals surface area (Å²) in [6, 6.07) is 1.18. The van der Waals surface area contributed by atoms with E-state index >= 15 is 0 Å². The third kappa shape index (κ3) is 3.00. The number of pyridine rings is 1. The highest BCUT2D eigenvalue weighted by Gasteiger charge is 2.57. The fraction of sp³-hybridized carbons (Fsp3) is 0.438. The van der Waals surface area contributed by atoms with E-state index in [0.717, 1.165) is 0 Å². The van der Waals surface area contributed by atoms with E-state index in [1.807, 2.05) is 0 Å². The van der Waals surface area contributed by atoms with Crippen LogP contribution in [0, 0.1) is 16.7 Å². The summed E-state index contributed by atoms with van der Waals surface area (Å²) >= 11 is 11.9. The number of hydrogen-bond donors (Lipinski definition) is 1. The Bertz CT molecular complexity index is 759. The summed E-state index contributed by atoms with van der Waals surface area (Å²) in [6.45, 7) is 1.32. The number of ether oxygens (including phenoxy) is 1. The predicted octanol–water partition coefficient (Wildman–Crippen LogP) is 3.67. The first-order valence-electron chi connectivity index (χ1n) is 7.57. The predicted molar refractivity (Wildman–Crippen MR) is 89.5 cm³/mol. The average molecular weight is 390 g/mol. The fourth-order valence-electron chi connectivity index (χ4n) is 3.12. The van der Waals surface area contributed by atoms with Crippen LogP contribution in [0.1, 0.15) is 18.5 Å². The Kier molecular flexibility index (Phi) is 4.72. The van der Waals surface area contributed by atoms with Gasteiger partial charge in [0.15, 0.2) is 6.61 Å². The van der Waals surface area contributed by atoms with Gasteiger partial charge in [-0.2, -0.15) is 0 Å². The maximum absolute atomic E-state index is 12.6. The van der Waals surface area contributed by atoms with Gasteiger partial charge in [-0.25, -0.2) is 13.8 Å². The molecule has 5 nitrogen and oxygen atoms in total. The van der Waals surface area contributed by atoms with Gasteiger partial charge in [0.05, 0.1) is 17.4 Å². The number of carbonyl (C=O) groups excluding carboxylic acids is 1. The molecule has 0 aromatic carbocycles. The molecule has 9 heteroatoms. The first kappa shape index (κ1) is 18.1. The van der Waals surface area contributed by atoms with Crippen LogP contribution < -0.4 is 4.74 Å². The van der Waals surface area contributed by atoms with E-state index in [0.29, 0.717) is 12.1 Å². The SMILES string of the molecule is CC(c1cnc(OCC(F)F)c(Cl)c1)N1CC2(C(=N)Cl)C=CC2C1=O. The van der Waals surface area contributed by atoms with Gasteiger partial charge in [0, 0.05) is 12.7 Å². The van der Waals surface area contributed by atoms with Crippen molar-refractivity contribution in [1.29, 1.82) is 5.41 Å². The van der Waals surface area contributed by atoms with E-state index in [4.69, 9.17) is 33.3 Å². The van der Waals surface area contributed by atoms with Crippen LogP contribution in [0.2, 0.25) is 5.02 Å². The quantitative estimate of drug-likeness (QED) is 0.596. The molecule has 3 atom stereocenters. The summed E-state index contributed by atoms with van der Waals surface area (Å²) in [4.78, 5) is 18.2. The molecule has 3 rings (SSSR count). The summed E-state index contributed by atoms with van der Waals surface area (Å²) in [6.07, 6.45) is 2.35. The first-order valence-corrected chi connectivity index (χ1v) is 8.32. The van der Waals surface area contributed by atoms with Gasteiger partial charge in [-0.1, -0.05) is 35.4 Å². The van der Waals surface area contributed by atoms with Gasteiger partial charge in [0.1, 0.15) is 10.2 Å². The molecule has 134 valence electrons. The zero-order chi connectivity index (χ0) is 18.4. The Hall–Kier alpha value is -1.73. The van der Waals surface area contributed by atoms with E-state index in [9.17, 15) is 13.6 Å². The average Bonchev–Trinajstić information content (AvgIpc) is 2.71. The minimum Gasteiger partial charge on any atom is -0.471 e. The molecule has 2 aliphatic rings. The van der Waals surface area contributed by atoms with Gasteiger partial charge in [-0.3, -0.25) is 10.2 Å². The third-order valence-corrected chi connectivity index (χ3v) is 5.28. The van der Waals surface area contributed by atoms with Crippen LogP contribution in [0.15, 0.2) is 24.4 Å². The van der Waals surface area contributed by atoms with Crippen LogP contribution in [0.25, 0.3) is 0 Å². The van der Waals surface area contributed by atoms with E-state index in [-0.39, 0.29) is 28.0 Å². The number of nitrogens with one attached hydrogen (secondary N) is 1. The fourth-order valence-corrected chi connectivity index (χ4v) is 3.59. The van der Waals surface area contributed by atoms with Crippen molar-refractivity contribution in [2.45, 2.75) is 19.4 Å². The number of rotatable bonds is 6. The molecule has 0 bridgehead atoms. The Morgan fingerprint density at radius 3 is 2.80 bits per heavy atom. The van der Waals surface area contributed by atoms with Crippen LogP contribution in [-0.2, 0) is 4.79 Å². The van der Waals surface area contributed by atoms with Crippen LogP contribution in [0.5, 0.6) is 5.88 Å². The van der Waals surface area contributed by atoms with Crippen LogP contribution in [-0.4, -0.2) is 40.5 Å². The second-order valence-electron chi connectivity index (χ2n) is 6.09. The molecule has 2 heterocycles. The van der Waals surface area contributed by atoms with Crippen LogP contribution in [0.4, 0.5) is 8.78 Å². The lowest BCUT2D eigenvalue weighted by Gasteiger charge is -2.33. The molecule has 0 radical (unpaired) electrons. The third-order valence-electron chi connectivity index (χ3n) is 4.66. The zero-order valence-electron chi connectivity index (χ0n) is 13.2. The van der Waals surface area contributed by atoms with Crippen molar-refractivity contribution in [3.8, 4) is 5.88 Å². The summed E-state index contributed by atoms with van der Waals surface area (Å²) in [7, 11) is 0. The topological polar surface area (TPSA) is 66.3 Å². The van der Waals surface area contributed by atoms with Gasteiger partial charge in [0.2, 0.25) is 11.8 Å². The van der Waals surface area contributed by atoms with E-state index in [1.54, 1.807) is 30.0 Å². The summed E-state index contributed by atoms with van der Waals surface area (Å²) < 4.78 is 29.3. The number of alkyl halides is 2. The normalized spacial score (nSPS) is 25.8. The Morgan fingerprint density at radius 1 is 1.60 bits per heavy atom. The minimum absolute atomic E-state index is 0.0602. The van der Waals surface area contributed by atoms with Gasteiger partial charge >= 0.3 is 0 Å². The van der Waals surface area contributed by atoms with Crippen molar-refractivity contribution < 1.29 is 18.3 Å². The number of amides is 1. The summed E-state index contributed by atoms with van der Waals surface area (Å²) in [5.41, 5.74) is -0.106. The zero-order valence-corrected chi connectivity index (χ0v) is 14.7. The minimum atomic E-state index is -2.62. The number of halogens is 4. The number of likely N-dealkylation sites (tertiary alicyclic amines) is 1. The Balaban J connectivity index is 1.78. The molecule has 1 fully saturated rings. The molecule has 25 heavy (non-hydrogen) atoms. The van der Waals surface area contributed by atoms with E-state index in [2.05, 4.69) is 4.98 Å².